The number of nitrogens with one attached hydrogen (secondary N) is 2. The van der Waals surface area contributed by atoms with Crippen molar-refractivity contribution in [2.45, 2.75) is 43.7 Å². The Morgan fingerprint density at radius 2 is 1.90 bits per heavy atom. The van der Waals surface area contributed by atoms with E-state index >= 15 is 0 Å². The Hall–Kier alpha value is -3.45. The lowest BCUT2D eigenvalue weighted by atomic mass is 9.89. The lowest BCUT2D eigenvalue weighted by molar-refractivity contribution is -0.242. The van der Waals surface area contributed by atoms with Gasteiger partial charge in [-0.25, -0.2) is 0 Å². The Morgan fingerprint density at radius 3 is 2.48 bits per heavy atom. The van der Waals surface area contributed by atoms with Crippen molar-refractivity contribution in [3.05, 3.63) is 81.7 Å². The zero-order valence-corrected chi connectivity index (χ0v) is 24.4. The molecule has 0 spiro atoms. The van der Waals surface area contributed by atoms with Crippen LogP contribution in [0.25, 0.3) is 0 Å². The number of nitrogens with two attached hydrogens (primary N) is 1. The maximum atomic E-state index is 14.4. The predicted octanol–water partition coefficient (Wildman–Crippen LogP) is 3.48. The van der Waals surface area contributed by atoms with Gasteiger partial charge in [0.25, 0.3) is 5.91 Å². The van der Waals surface area contributed by atoms with Gasteiger partial charge in [-0.1, -0.05) is 23.7 Å². The molecule has 0 fully saturated rings. The van der Waals surface area contributed by atoms with Crippen molar-refractivity contribution >= 4 is 17.5 Å². The predicted molar refractivity (Wildman–Crippen MR) is 151 cm³/mol. The van der Waals surface area contributed by atoms with Crippen LogP contribution in [0.1, 0.15) is 29.8 Å². The highest BCUT2D eigenvalue weighted by atomic mass is 35.5. The number of amides is 1. The SMILES string of the molecule is CN/C(=C\C1=C(Cc2ccc(Cl)cc2)OCC1(C)N)C(O)(CNC(=O)c1ccc(OC[C@@H](C)O)c(OC)c1)C(F)(F)F. The van der Waals surface area contributed by atoms with Gasteiger partial charge in [-0.3, -0.25) is 4.79 Å². The molecule has 0 radical (unpaired) electrons. The molecule has 42 heavy (non-hydrogen) atoms. The van der Waals surface area contributed by atoms with E-state index in [4.69, 9.17) is 31.5 Å². The average Bonchev–Trinajstić information content (AvgIpc) is 3.21. The van der Waals surface area contributed by atoms with Gasteiger partial charge in [0.15, 0.2) is 11.5 Å². The van der Waals surface area contributed by atoms with Crippen LogP contribution in [0.15, 0.2) is 65.6 Å². The number of benzene rings is 2. The molecule has 2 unspecified atom stereocenters. The number of allylic oxidation sites excluding steroid dienone is 1. The molecule has 230 valence electrons. The second-order valence-corrected chi connectivity index (χ2v) is 10.7. The van der Waals surface area contributed by atoms with E-state index in [-0.39, 0.29) is 42.3 Å². The Balaban J connectivity index is 1.91. The number of carbonyl (C=O) groups is 1. The molecule has 6 N–H and O–H groups in total. The van der Waals surface area contributed by atoms with Crippen LogP contribution < -0.4 is 25.8 Å². The topological polar surface area (TPSA) is 135 Å². The van der Waals surface area contributed by atoms with Crippen LogP contribution in [0.5, 0.6) is 11.5 Å². The number of alkyl halides is 3. The fourth-order valence-electron chi connectivity index (χ4n) is 4.23. The number of rotatable bonds is 12. The summed E-state index contributed by atoms with van der Waals surface area (Å²) < 4.78 is 59.7. The largest absolute Gasteiger partial charge is 0.495 e. The molecule has 1 heterocycles. The van der Waals surface area contributed by atoms with Crippen LogP contribution in [0.3, 0.4) is 0 Å². The third-order valence-corrected chi connectivity index (χ3v) is 6.88. The number of halogens is 4. The summed E-state index contributed by atoms with van der Waals surface area (Å²) in [5.41, 5.74) is 2.07. The van der Waals surface area contributed by atoms with E-state index in [0.717, 1.165) is 11.6 Å². The van der Waals surface area contributed by atoms with Gasteiger partial charge in [0.1, 0.15) is 19.0 Å². The van der Waals surface area contributed by atoms with E-state index in [1.54, 1.807) is 31.2 Å². The van der Waals surface area contributed by atoms with E-state index in [9.17, 15) is 28.2 Å². The highest BCUT2D eigenvalue weighted by molar-refractivity contribution is 6.30. The van der Waals surface area contributed by atoms with E-state index in [1.165, 1.54) is 39.3 Å². The van der Waals surface area contributed by atoms with Gasteiger partial charge in [-0.15, -0.1) is 0 Å². The molecule has 0 saturated carbocycles. The van der Waals surface area contributed by atoms with Crippen molar-refractivity contribution in [2.75, 3.05) is 33.9 Å². The summed E-state index contributed by atoms with van der Waals surface area (Å²) in [6.45, 7) is 1.89. The zero-order chi connectivity index (χ0) is 31.3. The quantitative estimate of drug-likeness (QED) is 0.246. The molecule has 2 aromatic carbocycles. The van der Waals surface area contributed by atoms with Gasteiger partial charge in [0, 0.05) is 29.6 Å². The van der Waals surface area contributed by atoms with Crippen LogP contribution in [0.4, 0.5) is 13.2 Å². The van der Waals surface area contributed by atoms with Gasteiger partial charge in [0.05, 0.1) is 31.0 Å². The Bertz CT molecular complexity index is 1330. The molecule has 9 nitrogen and oxygen atoms in total. The van der Waals surface area contributed by atoms with Gasteiger partial charge in [0.2, 0.25) is 5.60 Å². The molecule has 0 saturated heterocycles. The highest BCUT2D eigenvalue weighted by Crippen LogP contribution is 2.38. The van der Waals surface area contributed by atoms with Gasteiger partial charge in [-0.2, -0.15) is 13.2 Å². The van der Waals surface area contributed by atoms with Crippen molar-refractivity contribution in [2.24, 2.45) is 5.73 Å². The van der Waals surface area contributed by atoms with Crippen LogP contribution in [0.2, 0.25) is 5.02 Å². The van der Waals surface area contributed by atoms with Gasteiger partial charge >= 0.3 is 6.18 Å². The number of carbonyl (C=O) groups excluding carboxylic acids is 1. The maximum Gasteiger partial charge on any atom is 0.424 e. The summed E-state index contributed by atoms with van der Waals surface area (Å²) in [5, 5.41) is 25.6. The van der Waals surface area contributed by atoms with Crippen molar-refractivity contribution in [3.8, 4) is 11.5 Å². The summed E-state index contributed by atoms with van der Waals surface area (Å²) in [6.07, 6.45) is -4.61. The summed E-state index contributed by atoms with van der Waals surface area (Å²) in [4.78, 5) is 12.9. The Labute approximate surface area is 247 Å². The summed E-state index contributed by atoms with van der Waals surface area (Å²) in [5.74, 6) is -0.195. The van der Waals surface area contributed by atoms with Crippen LogP contribution in [0, 0.1) is 0 Å². The Kier molecular flexibility index (Phi) is 10.4. The number of ether oxygens (including phenoxy) is 3. The fourth-order valence-corrected chi connectivity index (χ4v) is 4.36. The zero-order valence-electron chi connectivity index (χ0n) is 23.6. The molecule has 0 aliphatic carbocycles. The van der Waals surface area contributed by atoms with E-state index in [2.05, 4.69) is 10.6 Å². The number of likely N-dealkylation sites (N-methyl/N-ethyl adjacent to an activating group) is 1. The van der Waals surface area contributed by atoms with Gasteiger partial charge in [-0.05, 0) is 55.8 Å². The molecular formula is C29H35ClF3N3O6. The molecule has 0 bridgehead atoms. The minimum Gasteiger partial charge on any atom is -0.495 e. The summed E-state index contributed by atoms with van der Waals surface area (Å²) in [7, 11) is 2.55. The van der Waals surface area contributed by atoms with Crippen LogP contribution in [-0.2, 0) is 11.2 Å². The summed E-state index contributed by atoms with van der Waals surface area (Å²) in [6, 6.07) is 10.9. The fraction of sp³-hybridized carbons (Fsp3) is 0.414. The first-order valence-electron chi connectivity index (χ1n) is 13.0. The average molecular weight is 614 g/mol. The molecule has 0 aromatic heterocycles. The lowest BCUT2D eigenvalue weighted by Crippen LogP contribution is -2.57. The van der Waals surface area contributed by atoms with Crippen molar-refractivity contribution in [3.63, 3.8) is 0 Å². The third kappa shape index (κ3) is 7.68. The standard InChI is InChI=1S/C29H35ClF3N3O6/c1-17(37)14-41-22-10-7-19(12-24(22)40-4)26(38)36-15-28(39,29(31,32)33)25(35-3)13-21-23(42-16-27(21,2)34)11-18-5-8-20(30)9-6-18/h5-10,12-13,17,35,37,39H,11,14-16,34H2,1-4H3,(H,36,38)/b25-13-/t17-,27?,28?/m1/s1. The second-order valence-electron chi connectivity index (χ2n) is 10.2. The molecule has 3 atom stereocenters. The Morgan fingerprint density at radius 1 is 1.24 bits per heavy atom. The van der Waals surface area contributed by atoms with Crippen LogP contribution in [-0.4, -0.2) is 73.5 Å². The molecule has 1 amide bonds. The van der Waals surface area contributed by atoms with Gasteiger partial charge < -0.3 is 40.8 Å². The lowest BCUT2D eigenvalue weighted by Gasteiger charge is -2.33. The number of hydrogen-bond donors (Lipinski definition) is 5. The number of aliphatic hydroxyl groups is 2. The molecule has 13 heteroatoms. The minimum absolute atomic E-state index is 0.0126. The molecule has 2 aromatic rings. The van der Waals surface area contributed by atoms with Crippen LogP contribution >= 0.6 is 11.6 Å². The van der Waals surface area contributed by atoms with Crippen molar-refractivity contribution in [1.82, 2.24) is 10.6 Å². The second kappa shape index (κ2) is 13.2. The first-order chi connectivity index (χ1) is 19.6. The molecular weight excluding hydrogens is 579 g/mol. The van der Waals surface area contributed by atoms with Crippen molar-refractivity contribution in [1.29, 1.82) is 0 Å². The highest BCUT2D eigenvalue weighted by Gasteiger charge is 2.57. The minimum atomic E-state index is -5.20. The first-order valence-corrected chi connectivity index (χ1v) is 13.3. The van der Waals surface area contributed by atoms with E-state index in [1.807, 2.05) is 0 Å². The smallest absolute Gasteiger partial charge is 0.424 e. The monoisotopic (exact) mass is 613 g/mol. The van der Waals surface area contributed by atoms with E-state index < -0.39 is 41.6 Å². The van der Waals surface area contributed by atoms with E-state index in [0.29, 0.717) is 10.8 Å². The first kappa shape index (κ1) is 33.1. The molecule has 3 rings (SSSR count). The molecule has 1 aliphatic heterocycles. The number of aliphatic hydroxyl groups excluding tert-OH is 1. The third-order valence-electron chi connectivity index (χ3n) is 6.62. The normalized spacial score (nSPS) is 19.5. The maximum absolute atomic E-state index is 14.4. The summed E-state index contributed by atoms with van der Waals surface area (Å²) >= 11 is 5.95. The number of methoxy groups -OCH3 is 1. The molecule has 1 aliphatic rings. The van der Waals surface area contributed by atoms with Crippen molar-refractivity contribution < 1.29 is 42.4 Å². The number of hydrogen-bond acceptors (Lipinski definition) is 8.